The maximum atomic E-state index is 13.3. The predicted molar refractivity (Wildman–Crippen MR) is 117 cm³/mol. The first kappa shape index (κ1) is 20.8. The van der Waals surface area contributed by atoms with E-state index in [1.165, 1.54) is 18.5 Å². The molecule has 2 heterocycles. The molecule has 1 aromatic heterocycles. The van der Waals surface area contributed by atoms with Crippen LogP contribution >= 0.6 is 0 Å². The number of carbonyl (C=O) groups excluding carboxylic acids is 1. The van der Waals surface area contributed by atoms with Gasteiger partial charge in [-0.25, -0.2) is 14.4 Å². The standard InChI is InChI=1S/C24H25FN4O2/c1-16-4-6-19(7-5-16)24(30)29-11-10-28(14-18(29)3)22-13-23(27-15-26-22)31-21-9-8-20(25)12-17(21)2/h4-9,12-13,15,18H,10-11,14H2,1-3H3/t18-/m1/s1. The molecule has 0 unspecified atom stereocenters. The van der Waals surface area contributed by atoms with Gasteiger partial charge in [-0.3, -0.25) is 4.79 Å². The fourth-order valence-corrected chi connectivity index (χ4v) is 3.73. The molecule has 2 aromatic carbocycles. The summed E-state index contributed by atoms with van der Waals surface area (Å²) in [6, 6.07) is 13.8. The Labute approximate surface area is 181 Å². The topological polar surface area (TPSA) is 58.6 Å². The van der Waals surface area contributed by atoms with Gasteiger partial charge in [0.25, 0.3) is 5.91 Å². The highest BCUT2D eigenvalue weighted by Gasteiger charge is 2.29. The van der Waals surface area contributed by atoms with Crippen LogP contribution in [0, 0.1) is 19.7 Å². The van der Waals surface area contributed by atoms with Gasteiger partial charge in [-0.1, -0.05) is 17.7 Å². The highest BCUT2D eigenvalue weighted by molar-refractivity contribution is 5.94. The molecule has 3 aromatic rings. The van der Waals surface area contributed by atoms with E-state index in [0.717, 1.165) is 11.4 Å². The van der Waals surface area contributed by atoms with Crippen LogP contribution in [0.3, 0.4) is 0 Å². The lowest BCUT2D eigenvalue weighted by molar-refractivity contribution is 0.0673. The van der Waals surface area contributed by atoms with E-state index in [9.17, 15) is 9.18 Å². The number of aromatic nitrogens is 2. The summed E-state index contributed by atoms with van der Waals surface area (Å²) in [5.41, 5.74) is 2.53. The van der Waals surface area contributed by atoms with Crippen molar-refractivity contribution in [2.24, 2.45) is 0 Å². The van der Waals surface area contributed by atoms with Gasteiger partial charge in [0.15, 0.2) is 0 Å². The van der Waals surface area contributed by atoms with Crippen molar-refractivity contribution < 1.29 is 13.9 Å². The van der Waals surface area contributed by atoms with Crippen LogP contribution in [-0.2, 0) is 0 Å². The molecule has 0 aliphatic carbocycles. The van der Waals surface area contributed by atoms with Gasteiger partial charge in [0, 0.05) is 37.3 Å². The van der Waals surface area contributed by atoms with Crippen LogP contribution in [0.4, 0.5) is 10.2 Å². The van der Waals surface area contributed by atoms with Crippen molar-refractivity contribution in [3.8, 4) is 11.6 Å². The molecule has 0 spiro atoms. The van der Waals surface area contributed by atoms with E-state index >= 15 is 0 Å². The first-order valence-electron chi connectivity index (χ1n) is 10.3. The Bertz CT molecular complexity index is 1090. The van der Waals surface area contributed by atoms with Gasteiger partial charge in [0.1, 0.15) is 23.7 Å². The molecule has 1 atom stereocenters. The molecule has 1 saturated heterocycles. The number of halogens is 1. The van der Waals surface area contributed by atoms with E-state index in [4.69, 9.17) is 4.74 Å². The molecule has 0 bridgehead atoms. The van der Waals surface area contributed by atoms with Crippen LogP contribution in [0.2, 0.25) is 0 Å². The van der Waals surface area contributed by atoms with Crippen LogP contribution in [0.25, 0.3) is 0 Å². The minimum atomic E-state index is -0.305. The van der Waals surface area contributed by atoms with E-state index in [0.29, 0.717) is 42.4 Å². The van der Waals surface area contributed by atoms with Gasteiger partial charge in [0.05, 0.1) is 0 Å². The second-order valence-corrected chi connectivity index (χ2v) is 7.89. The monoisotopic (exact) mass is 420 g/mol. The molecule has 160 valence electrons. The summed E-state index contributed by atoms with van der Waals surface area (Å²) >= 11 is 0. The van der Waals surface area contributed by atoms with Crippen LogP contribution in [0.15, 0.2) is 54.9 Å². The smallest absolute Gasteiger partial charge is 0.254 e. The fourth-order valence-electron chi connectivity index (χ4n) is 3.73. The summed E-state index contributed by atoms with van der Waals surface area (Å²) in [5.74, 6) is 1.42. The van der Waals surface area contributed by atoms with E-state index in [2.05, 4.69) is 14.9 Å². The van der Waals surface area contributed by atoms with Gasteiger partial charge in [0.2, 0.25) is 5.88 Å². The normalized spacial score (nSPS) is 16.3. The van der Waals surface area contributed by atoms with E-state index in [1.54, 1.807) is 19.1 Å². The number of piperazine rings is 1. The lowest BCUT2D eigenvalue weighted by Crippen LogP contribution is -2.54. The summed E-state index contributed by atoms with van der Waals surface area (Å²) in [4.78, 5) is 25.5. The predicted octanol–water partition coefficient (Wildman–Crippen LogP) is 4.38. The quantitative estimate of drug-likeness (QED) is 0.627. The van der Waals surface area contributed by atoms with Gasteiger partial charge in [-0.15, -0.1) is 0 Å². The molecule has 31 heavy (non-hydrogen) atoms. The minimum Gasteiger partial charge on any atom is -0.439 e. The van der Waals surface area contributed by atoms with Crippen molar-refractivity contribution >= 4 is 11.7 Å². The zero-order valence-corrected chi connectivity index (χ0v) is 17.9. The Morgan fingerprint density at radius 1 is 1.06 bits per heavy atom. The third-order valence-electron chi connectivity index (χ3n) is 5.49. The van der Waals surface area contributed by atoms with Crippen molar-refractivity contribution in [1.82, 2.24) is 14.9 Å². The summed E-state index contributed by atoms with van der Waals surface area (Å²) in [5, 5.41) is 0. The lowest BCUT2D eigenvalue weighted by atomic mass is 10.1. The molecule has 1 amide bonds. The maximum absolute atomic E-state index is 13.3. The Kier molecular flexibility index (Phi) is 5.84. The number of benzene rings is 2. The van der Waals surface area contributed by atoms with Crippen molar-refractivity contribution in [2.45, 2.75) is 26.8 Å². The number of hydrogen-bond acceptors (Lipinski definition) is 5. The number of anilines is 1. The number of ether oxygens (including phenoxy) is 1. The highest BCUT2D eigenvalue weighted by Crippen LogP contribution is 2.27. The average Bonchev–Trinajstić information content (AvgIpc) is 2.76. The number of nitrogens with zero attached hydrogens (tertiary/aromatic N) is 4. The Hall–Kier alpha value is -3.48. The second kappa shape index (κ2) is 8.71. The molecule has 1 aliphatic heterocycles. The highest BCUT2D eigenvalue weighted by atomic mass is 19.1. The summed E-state index contributed by atoms with van der Waals surface area (Å²) in [7, 11) is 0. The molecule has 0 saturated carbocycles. The van der Waals surface area contributed by atoms with Crippen molar-refractivity contribution in [1.29, 1.82) is 0 Å². The second-order valence-electron chi connectivity index (χ2n) is 7.89. The summed E-state index contributed by atoms with van der Waals surface area (Å²) < 4.78 is 19.2. The maximum Gasteiger partial charge on any atom is 0.254 e. The van der Waals surface area contributed by atoms with E-state index in [1.807, 2.05) is 43.0 Å². The Morgan fingerprint density at radius 3 is 2.55 bits per heavy atom. The number of hydrogen-bond donors (Lipinski definition) is 0. The number of amides is 1. The zero-order valence-electron chi connectivity index (χ0n) is 17.9. The lowest BCUT2D eigenvalue weighted by Gasteiger charge is -2.40. The molecular weight excluding hydrogens is 395 g/mol. The Balaban J connectivity index is 1.45. The zero-order chi connectivity index (χ0) is 22.0. The largest absolute Gasteiger partial charge is 0.439 e. The van der Waals surface area contributed by atoms with Crippen LogP contribution in [0.1, 0.15) is 28.4 Å². The van der Waals surface area contributed by atoms with Crippen LogP contribution in [0.5, 0.6) is 11.6 Å². The third-order valence-corrected chi connectivity index (χ3v) is 5.49. The summed E-state index contributed by atoms with van der Waals surface area (Å²) in [6.45, 7) is 7.75. The third kappa shape index (κ3) is 4.66. The molecule has 6 nitrogen and oxygen atoms in total. The average molecular weight is 420 g/mol. The first-order chi connectivity index (χ1) is 14.9. The van der Waals surface area contributed by atoms with Crippen molar-refractivity contribution in [2.75, 3.05) is 24.5 Å². The van der Waals surface area contributed by atoms with Gasteiger partial charge < -0.3 is 14.5 Å². The molecule has 0 radical (unpaired) electrons. The molecule has 0 N–H and O–H groups in total. The van der Waals surface area contributed by atoms with Crippen molar-refractivity contribution in [3.05, 3.63) is 77.4 Å². The number of aryl methyl sites for hydroxylation is 2. The van der Waals surface area contributed by atoms with Crippen LogP contribution in [-0.4, -0.2) is 46.5 Å². The first-order valence-corrected chi connectivity index (χ1v) is 10.3. The van der Waals surface area contributed by atoms with Gasteiger partial charge >= 0.3 is 0 Å². The van der Waals surface area contributed by atoms with E-state index < -0.39 is 0 Å². The number of carbonyl (C=O) groups is 1. The van der Waals surface area contributed by atoms with Gasteiger partial charge in [-0.05, 0) is 56.7 Å². The SMILES string of the molecule is Cc1ccc(C(=O)N2CCN(c3cc(Oc4ccc(F)cc4C)ncn3)C[C@H]2C)cc1. The van der Waals surface area contributed by atoms with Crippen molar-refractivity contribution in [3.63, 3.8) is 0 Å². The molecule has 7 heteroatoms. The molecule has 4 rings (SSSR count). The van der Waals surface area contributed by atoms with E-state index in [-0.39, 0.29) is 17.8 Å². The van der Waals surface area contributed by atoms with Gasteiger partial charge in [-0.2, -0.15) is 0 Å². The fraction of sp³-hybridized carbons (Fsp3) is 0.292. The molecular formula is C24H25FN4O2. The minimum absolute atomic E-state index is 0.0289. The summed E-state index contributed by atoms with van der Waals surface area (Å²) in [6.07, 6.45) is 1.46. The van der Waals surface area contributed by atoms with Crippen LogP contribution < -0.4 is 9.64 Å². The Morgan fingerprint density at radius 2 is 1.84 bits per heavy atom. The molecule has 1 fully saturated rings. The number of rotatable bonds is 4. The molecule has 1 aliphatic rings.